The van der Waals surface area contributed by atoms with Gasteiger partial charge in [-0.2, -0.15) is 0 Å². The minimum Gasteiger partial charge on any atom is -0.501 e. The first kappa shape index (κ1) is 22.5. The fraction of sp³-hybridized carbons (Fsp3) is 0.417. The minimum atomic E-state index is -0.513. The number of rotatable bonds is 7. The van der Waals surface area contributed by atoms with Crippen LogP contribution >= 0.6 is 0 Å². The van der Waals surface area contributed by atoms with Crippen LogP contribution in [0.5, 0.6) is 5.88 Å². The van der Waals surface area contributed by atoms with Crippen LogP contribution in [0.1, 0.15) is 51.9 Å². The Kier molecular flexibility index (Phi) is 7.07. The number of carbonyl (C=O) groups is 1. The molecular formula is C24H31NO4. The molecule has 0 saturated carbocycles. The number of hydrogen-bond acceptors (Lipinski definition) is 5. The van der Waals surface area contributed by atoms with Gasteiger partial charge < -0.3 is 14.2 Å². The maximum Gasteiger partial charge on any atom is 0.338 e. The fourth-order valence-corrected chi connectivity index (χ4v) is 2.88. The maximum atomic E-state index is 12.1. The van der Waals surface area contributed by atoms with E-state index in [9.17, 15) is 4.79 Å². The van der Waals surface area contributed by atoms with E-state index in [0.717, 1.165) is 16.9 Å². The molecule has 0 aliphatic carbocycles. The van der Waals surface area contributed by atoms with Gasteiger partial charge in [-0.15, -0.1) is 0 Å². The third-order valence-corrected chi connectivity index (χ3v) is 4.32. The highest BCUT2D eigenvalue weighted by Gasteiger charge is 2.25. The first-order valence-electron chi connectivity index (χ1n) is 9.69. The van der Waals surface area contributed by atoms with Crippen LogP contribution in [-0.2, 0) is 9.47 Å². The lowest BCUT2D eigenvalue weighted by Gasteiger charge is -2.26. The van der Waals surface area contributed by atoms with Crippen molar-refractivity contribution in [3.63, 3.8) is 0 Å². The first-order chi connectivity index (χ1) is 13.6. The van der Waals surface area contributed by atoms with Crippen molar-refractivity contribution in [2.75, 3.05) is 13.7 Å². The molecule has 2 rings (SSSR count). The SMILES string of the molecule is CC=C(OC)C(C)(C)COc1ccc(-c2ccc(C(=O)OC(C)(C)C)cc2)cn1. The quantitative estimate of drug-likeness (QED) is 0.446. The van der Waals surface area contributed by atoms with Gasteiger partial charge in [0.15, 0.2) is 0 Å². The summed E-state index contributed by atoms with van der Waals surface area (Å²) in [6.45, 7) is 12.1. The van der Waals surface area contributed by atoms with E-state index in [1.807, 2.05) is 58.0 Å². The summed E-state index contributed by atoms with van der Waals surface area (Å²) in [6, 6.07) is 11.1. The monoisotopic (exact) mass is 397 g/mol. The smallest absolute Gasteiger partial charge is 0.338 e. The molecule has 2 aromatic rings. The Hall–Kier alpha value is -2.82. The van der Waals surface area contributed by atoms with E-state index in [1.165, 1.54) is 0 Å². The van der Waals surface area contributed by atoms with Gasteiger partial charge in [0.1, 0.15) is 18.0 Å². The summed E-state index contributed by atoms with van der Waals surface area (Å²) >= 11 is 0. The number of allylic oxidation sites excluding steroid dienone is 1. The Bertz CT molecular complexity index is 844. The van der Waals surface area contributed by atoms with E-state index < -0.39 is 5.60 Å². The van der Waals surface area contributed by atoms with Crippen molar-refractivity contribution in [2.45, 2.75) is 47.1 Å². The van der Waals surface area contributed by atoms with Crippen LogP contribution in [0.15, 0.2) is 54.4 Å². The van der Waals surface area contributed by atoms with Crippen LogP contribution < -0.4 is 4.74 Å². The van der Waals surface area contributed by atoms with Crippen molar-refractivity contribution in [1.82, 2.24) is 4.98 Å². The number of carbonyl (C=O) groups excluding carboxylic acids is 1. The third kappa shape index (κ3) is 6.34. The maximum absolute atomic E-state index is 12.1. The van der Waals surface area contributed by atoms with Gasteiger partial charge in [-0.25, -0.2) is 9.78 Å². The predicted octanol–water partition coefficient (Wildman–Crippen LogP) is 5.66. The van der Waals surface area contributed by atoms with Crippen LogP contribution in [0.3, 0.4) is 0 Å². The molecule has 1 heterocycles. The summed E-state index contributed by atoms with van der Waals surface area (Å²) in [5.74, 6) is 1.10. The van der Waals surface area contributed by atoms with Crippen LogP contribution in [0.2, 0.25) is 0 Å². The van der Waals surface area contributed by atoms with E-state index in [-0.39, 0.29) is 11.4 Å². The average Bonchev–Trinajstić information content (AvgIpc) is 2.66. The van der Waals surface area contributed by atoms with Gasteiger partial charge in [-0.1, -0.05) is 12.1 Å². The number of benzene rings is 1. The number of nitrogens with zero attached hydrogens (tertiary/aromatic N) is 1. The van der Waals surface area contributed by atoms with E-state index in [2.05, 4.69) is 18.8 Å². The lowest BCUT2D eigenvalue weighted by molar-refractivity contribution is 0.00695. The van der Waals surface area contributed by atoms with Gasteiger partial charge in [0, 0.05) is 17.8 Å². The molecule has 1 aromatic carbocycles. The van der Waals surface area contributed by atoms with Crippen molar-refractivity contribution in [1.29, 1.82) is 0 Å². The molecule has 0 saturated heterocycles. The molecular weight excluding hydrogens is 366 g/mol. The number of esters is 1. The molecule has 0 atom stereocenters. The highest BCUT2D eigenvalue weighted by molar-refractivity contribution is 5.90. The molecule has 156 valence electrons. The van der Waals surface area contributed by atoms with Crippen molar-refractivity contribution >= 4 is 5.97 Å². The molecule has 1 aromatic heterocycles. The zero-order valence-electron chi connectivity index (χ0n) is 18.4. The predicted molar refractivity (Wildman–Crippen MR) is 115 cm³/mol. The molecule has 0 amide bonds. The second-order valence-corrected chi connectivity index (χ2v) is 8.49. The van der Waals surface area contributed by atoms with Crippen molar-refractivity contribution in [3.8, 4) is 17.0 Å². The van der Waals surface area contributed by atoms with E-state index in [4.69, 9.17) is 14.2 Å². The second-order valence-electron chi connectivity index (χ2n) is 8.49. The molecule has 0 radical (unpaired) electrons. The zero-order valence-corrected chi connectivity index (χ0v) is 18.4. The Morgan fingerprint density at radius 3 is 2.10 bits per heavy atom. The van der Waals surface area contributed by atoms with E-state index >= 15 is 0 Å². The zero-order chi connectivity index (χ0) is 21.7. The number of pyridine rings is 1. The molecule has 0 aliphatic rings. The summed E-state index contributed by atoms with van der Waals surface area (Å²) in [4.78, 5) is 16.5. The van der Waals surface area contributed by atoms with Crippen LogP contribution in [0.25, 0.3) is 11.1 Å². The Morgan fingerprint density at radius 2 is 1.62 bits per heavy atom. The minimum absolute atomic E-state index is 0.249. The van der Waals surface area contributed by atoms with Crippen LogP contribution in [-0.4, -0.2) is 30.3 Å². The molecule has 5 heteroatoms. The van der Waals surface area contributed by atoms with E-state index in [1.54, 1.807) is 25.4 Å². The standard InChI is InChI=1S/C24H31NO4/c1-8-20(27-7)24(5,6)16-28-21-14-13-19(15-25-21)17-9-11-18(12-10-17)22(26)29-23(2,3)4/h8-15H,16H2,1-7H3. The molecule has 5 nitrogen and oxygen atoms in total. The largest absolute Gasteiger partial charge is 0.501 e. The molecule has 0 unspecified atom stereocenters. The normalized spacial score (nSPS) is 12.4. The highest BCUT2D eigenvalue weighted by atomic mass is 16.6. The molecule has 0 aliphatic heterocycles. The molecule has 0 N–H and O–H groups in total. The van der Waals surface area contributed by atoms with Gasteiger partial charge in [-0.3, -0.25) is 0 Å². The van der Waals surface area contributed by atoms with Gasteiger partial charge in [-0.05, 0) is 71.4 Å². The van der Waals surface area contributed by atoms with Crippen molar-refractivity contribution < 1.29 is 19.0 Å². The molecule has 0 fully saturated rings. The van der Waals surface area contributed by atoms with Gasteiger partial charge in [0.2, 0.25) is 5.88 Å². The Labute approximate surface area is 173 Å². The highest BCUT2D eigenvalue weighted by Crippen LogP contribution is 2.28. The summed E-state index contributed by atoms with van der Waals surface area (Å²) < 4.78 is 16.7. The third-order valence-electron chi connectivity index (χ3n) is 4.32. The molecule has 29 heavy (non-hydrogen) atoms. The Morgan fingerprint density at radius 1 is 1.00 bits per heavy atom. The number of hydrogen-bond donors (Lipinski definition) is 0. The number of aromatic nitrogens is 1. The van der Waals surface area contributed by atoms with Gasteiger partial charge in [0.25, 0.3) is 0 Å². The van der Waals surface area contributed by atoms with Crippen molar-refractivity contribution in [3.05, 3.63) is 60.0 Å². The van der Waals surface area contributed by atoms with Crippen LogP contribution in [0.4, 0.5) is 0 Å². The fourth-order valence-electron chi connectivity index (χ4n) is 2.88. The summed E-state index contributed by atoms with van der Waals surface area (Å²) in [5.41, 5.74) is 1.67. The first-order valence-corrected chi connectivity index (χ1v) is 9.69. The van der Waals surface area contributed by atoms with Gasteiger partial charge in [0.05, 0.1) is 18.1 Å². The van der Waals surface area contributed by atoms with Crippen molar-refractivity contribution in [2.24, 2.45) is 5.41 Å². The van der Waals surface area contributed by atoms with Crippen LogP contribution in [0, 0.1) is 5.41 Å². The topological polar surface area (TPSA) is 57.7 Å². The summed E-state index contributed by atoms with van der Waals surface area (Å²) in [7, 11) is 1.66. The average molecular weight is 398 g/mol. The van der Waals surface area contributed by atoms with E-state index in [0.29, 0.717) is 18.1 Å². The number of methoxy groups -OCH3 is 1. The summed E-state index contributed by atoms with van der Waals surface area (Å²) in [5, 5.41) is 0. The molecule has 0 spiro atoms. The van der Waals surface area contributed by atoms with Gasteiger partial charge >= 0.3 is 5.97 Å². The Balaban J connectivity index is 2.04. The summed E-state index contributed by atoms with van der Waals surface area (Å²) in [6.07, 6.45) is 3.71. The second kappa shape index (κ2) is 9.12. The molecule has 0 bridgehead atoms. The number of ether oxygens (including phenoxy) is 3. The lowest BCUT2D eigenvalue weighted by atomic mass is 9.92. The lowest BCUT2D eigenvalue weighted by Crippen LogP contribution is -2.25.